The molecule has 120 valence electrons. The van der Waals surface area contributed by atoms with Crippen LogP contribution < -0.4 is 14.8 Å². The van der Waals surface area contributed by atoms with Crippen LogP contribution in [0.1, 0.15) is 5.56 Å². The van der Waals surface area contributed by atoms with Gasteiger partial charge in [0.25, 0.3) is 5.91 Å². The summed E-state index contributed by atoms with van der Waals surface area (Å²) in [4.78, 5) is 12.3. The number of carbonyl (C=O) groups excluding carboxylic acids is 1. The number of benzene rings is 2. The molecular weight excluding hydrogens is 396 g/mol. The van der Waals surface area contributed by atoms with Crippen LogP contribution in [0.4, 0.5) is 5.69 Å². The lowest BCUT2D eigenvalue weighted by molar-refractivity contribution is -0.112. The van der Waals surface area contributed by atoms with E-state index < -0.39 is 5.91 Å². The molecule has 2 aromatic carbocycles. The van der Waals surface area contributed by atoms with Crippen molar-refractivity contribution in [2.24, 2.45) is 0 Å². The fraction of sp³-hybridized carbons (Fsp3) is 0.0588. The Hall–Kier alpha value is -2.49. The van der Waals surface area contributed by atoms with Crippen LogP contribution in [0.25, 0.3) is 6.08 Å². The largest absolute Gasteiger partial charge is 0.454 e. The number of nitrogens with zero attached hydrogens (tertiary/aromatic N) is 1. The van der Waals surface area contributed by atoms with E-state index in [1.807, 2.05) is 6.07 Å². The monoisotopic (exact) mass is 404 g/mol. The van der Waals surface area contributed by atoms with E-state index in [1.165, 1.54) is 6.08 Å². The zero-order chi connectivity index (χ0) is 17.1. The normalized spacial score (nSPS) is 12.6. The number of hydrogen-bond donors (Lipinski definition) is 1. The maximum Gasteiger partial charge on any atom is 0.266 e. The highest BCUT2D eigenvalue weighted by Crippen LogP contribution is 2.37. The Labute approximate surface area is 151 Å². The third-order valence-electron chi connectivity index (χ3n) is 3.28. The predicted octanol–water partition coefficient (Wildman–Crippen LogP) is 4.38. The molecule has 0 atom stereocenters. The standard InChI is InChI=1S/C17H10BrClN2O3/c18-12-7-16-15(23-9-24-16)6-10(12)5-11(8-20)17(22)21-14-4-2-1-3-13(14)19/h1-7H,9H2,(H,21,22)/b11-5+. The quantitative estimate of drug-likeness (QED) is 0.608. The van der Waals surface area contributed by atoms with Gasteiger partial charge in [0.05, 0.1) is 10.7 Å². The van der Waals surface area contributed by atoms with E-state index >= 15 is 0 Å². The number of halogens is 2. The summed E-state index contributed by atoms with van der Waals surface area (Å²) in [6.45, 7) is 0.146. The molecule has 2 aromatic rings. The lowest BCUT2D eigenvalue weighted by atomic mass is 10.1. The van der Waals surface area contributed by atoms with Gasteiger partial charge in [-0.25, -0.2) is 0 Å². The Morgan fingerprint density at radius 1 is 1.29 bits per heavy atom. The number of ether oxygens (including phenoxy) is 2. The van der Waals surface area contributed by atoms with Crippen LogP contribution in [0.15, 0.2) is 46.4 Å². The third-order valence-corrected chi connectivity index (χ3v) is 4.30. The number of hydrogen-bond acceptors (Lipinski definition) is 4. The highest BCUT2D eigenvalue weighted by Gasteiger charge is 2.17. The second kappa shape index (κ2) is 6.95. The van der Waals surface area contributed by atoms with Crippen LogP contribution in [-0.4, -0.2) is 12.7 Å². The van der Waals surface area contributed by atoms with E-state index in [9.17, 15) is 10.1 Å². The summed E-state index contributed by atoms with van der Waals surface area (Å²) in [6.07, 6.45) is 1.47. The third kappa shape index (κ3) is 3.37. The smallest absolute Gasteiger partial charge is 0.266 e. The number of carbonyl (C=O) groups is 1. The summed E-state index contributed by atoms with van der Waals surface area (Å²) in [6, 6.07) is 12.1. The van der Waals surface area contributed by atoms with Crippen molar-refractivity contribution in [3.63, 3.8) is 0 Å². The number of fused-ring (bicyclic) bond motifs is 1. The molecule has 0 saturated heterocycles. The molecule has 1 heterocycles. The molecule has 0 aliphatic carbocycles. The number of nitrogens with one attached hydrogen (secondary N) is 1. The predicted molar refractivity (Wildman–Crippen MR) is 93.9 cm³/mol. The number of nitriles is 1. The van der Waals surface area contributed by atoms with Crippen molar-refractivity contribution < 1.29 is 14.3 Å². The van der Waals surface area contributed by atoms with Crippen LogP contribution in [0, 0.1) is 11.3 Å². The maximum atomic E-state index is 12.3. The molecule has 5 nitrogen and oxygen atoms in total. The Morgan fingerprint density at radius 2 is 2.00 bits per heavy atom. The Bertz CT molecular complexity index is 890. The van der Waals surface area contributed by atoms with Crippen LogP contribution in [0.5, 0.6) is 11.5 Å². The zero-order valence-electron chi connectivity index (χ0n) is 12.2. The molecule has 1 amide bonds. The van der Waals surface area contributed by atoms with Gasteiger partial charge in [-0.1, -0.05) is 39.7 Å². The summed E-state index contributed by atoms with van der Waals surface area (Å²) in [7, 11) is 0. The van der Waals surface area contributed by atoms with Gasteiger partial charge < -0.3 is 14.8 Å². The van der Waals surface area contributed by atoms with Crippen LogP contribution >= 0.6 is 27.5 Å². The minimum Gasteiger partial charge on any atom is -0.454 e. The van der Waals surface area contributed by atoms with E-state index in [1.54, 1.807) is 36.4 Å². The highest BCUT2D eigenvalue weighted by atomic mass is 79.9. The van der Waals surface area contributed by atoms with Gasteiger partial charge in [-0.2, -0.15) is 5.26 Å². The first-order valence-corrected chi connectivity index (χ1v) is 8.02. The van der Waals surface area contributed by atoms with Gasteiger partial charge in [0.2, 0.25) is 6.79 Å². The zero-order valence-corrected chi connectivity index (χ0v) is 14.5. The second-order valence-corrected chi connectivity index (χ2v) is 6.09. The lowest BCUT2D eigenvalue weighted by Gasteiger charge is -2.07. The van der Waals surface area contributed by atoms with Crippen molar-refractivity contribution >= 4 is 45.2 Å². The number of para-hydroxylation sites is 1. The molecular formula is C17H10BrClN2O3. The second-order valence-electron chi connectivity index (χ2n) is 4.83. The van der Waals surface area contributed by atoms with E-state index in [4.69, 9.17) is 21.1 Å². The number of anilines is 1. The summed E-state index contributed by atoms with van der Waals surface area (Å²) < 4.78 is 11.3. The van der Waals surface area contributed by atoms with Gasteiger partial charge in [-0.15, -0.1) is 0 Å². The lowest BCUT2D eigenvalue weighted by Crippen LogP contribution is -2.13. The van der Waals surface area contributed by atoms with E-state index in [2.05, 4.69) is 21.2 Å². The fourth-order valence-electron chi connectivity index (χ4n) is 2.10. The molecule has 3 rings (SSSR count). The summed E-state index contributed by atoms with van der Waals surface area (Å²) in [5, 5.41) is 12.3. The topological polar surface area (TPSA) is 71.3 Å². The summed E-state index contributed by atoms with van der Waals surface area (Å²) >= 11 is 9.40. The van der Waals surface area contributed by atoms with Gasteiger partial charge in [-0.05, 0) is 35.9 Å². The maximum absolute atomic E-state index is 12.3. The summed E-state index contributed by atoms with van der Waals surface area (Å²) in [5.74, 6) is 0.626. The van der Waals surface area contributed by atoms with E-state index in [0.717, 1.165) is 0 Å². The van der Waals surface area contributed by atoms with Gasteiger partial charge in [0.1, 0.15) is 11.6 Å². The molecule has 0 unspecified atom stereocenters. The molecule has 1 aliphatic rings. The molecule has 7 heteroatoms. The van der Waals surface area contributed by atoms with Crippen molar-refractivity contribution in [3.8, 4) is 17.6 Å². The molecule has 24 heavy (non-hydrogen) atoms. The van der Waals surface area contributed by atoms with Gasteiger partial charge in [-0.3, -0.25) is 4.79 Å². The molecule has 1 aliphatic heterocycles. The van der Waals surface area contributed by atoms with Crippen molar-refractivity contribution in [2.75, 3.05) is 12.1 Å². The average molecular weight is 406 g/mol. The van der Waals surface area contributed by atoms with Gasteiger partial charge in [0.15, 0.2) is 11.5 Å². The average Bonchev–Trinajstić information content (AvgIpc) is 3.01. The first-order valence-electron chi connectivity index (χ1n) is 6.85. The molecule has 0 bridgehead atoms. The molecule has 1 N–H and O–H groups in total. The van der Waals surface area contributed by atoms with Crippen LogP contribution in [0.2, 0.25) is 5.02 Å². The molecule has 0 aromatic heterocycles. The SMILES string of the molecule is N#C/C(=C\c1cc2c(cc1Br)OCO2)C(=O)Nc1ccccc1Cl. The Morgan fingerprint density at radius 3 is 2.71 bits per heavy atom. The van der Waals surface area contributed by atoms with E-state index in [-0.39, 0.29) is 12.4 Å². The van der Waals surface area contributed by atoms with Crippen molar-refractivity contribution in [2.45, 2.75) is 0 Å². The summed E-state index contributed by atoms with van der Waals surface area (Å²) in [5.41, 5.74) is 1.01. The number of amides is 1. The minimum atomic E-state index is -0.546. The molecule has 0 saturated carbocycles. The first kappa shape index (κ1) is 16.4. The van der Waals surface area contributed by atoms with Gasteiger partial charge in [0, 0.05) is 4.47 Å². The van der Waals surface area contributed by atoms with Crippen molar-refractivity contribution in [1.29, 1.82) is 5.26 Å². The highest BCUT2D eigenvalue weighted by molar-refractivity contribution is 9.10. The Balaban J connectivity index is 1.89. The van der Waals surface area contributed by atoms with Crippen LogP contribution in [-0.2, 0) is 4.79 Å². The molecule has 0 fully saturated rings. The van der Waals surface area contributed by atoms with Crippen LogP contribution in [0.3, 0.4) is 0 Å². The van der Waals surface area contributed by atoms with Gasteiger partial charge >= 0.3 is 0 Å². The fourth-order valence-corrected chi connectivity index (χ4v) is 2.72. The van der Waals surface area contributed by atoms with E-state index in [0.29, 0.717) is 32.2 Å². The minimum absolute atomic E-state index is 0.0607. The number of rotatable bonds is 3. The van der Waals surface area contributed by atoms with Crippen molar-refractivity contribution in [3.05, 3.63) is 57.0 Å². The van der Waals surface area contributed by atoms with Crippen molar-refractivity contribution in [1.82, 2.24) is 0 Å². The first-order chi connectivity index (χ1) is 11.6. The Kier molecular flexibility index (Phi) is 4.74. The molecule has 0 spiro atoms. The molecule has 0 radical (unpaired) electrons.